The third kappa shape index (κ3) is 2.53. The van der Waals surface area contributed by atoms with E-state index in [1.165, 1.54) is 0 Å². The van der Waals surface area contributed by atoms with Gasteiger partial charge in [0, 0.05) is 5.70 Å². The second-order valence-electron chi connectivity index (χ2n) is 4.49. The van der Waals surface area contributed by atoms with Crippen LogP contribution >= 0.6 is 0 Å². The molecule has 2 heteroatoms. The summed E-state index contributed by atoms with van der Waals surface area (Å²) in [6.45, 7) is 9.78. The van der Waals surface area contributed by atoms with Gasteiger partial charge in [-0.1, -0.05) is 49.6 Å². The molecule has 19 heavy (non-hydrogen) atoms. The summed E-state index contributed by atoms with van der Waals surface area (Å²) in [6.07, 6.45) is 3.81. The van der Waals surface area contributed by atoms with Crippen LogP contribution in [0.2, 0.25) is 0 Å². The van der Waals surface area contributed by atoms with Crippen molar-refractivity contribution in [1.82, 2.24) is 4.90 Å². The lowest BCUT2D eigenvalue weighted by molar-refractivity contribution is 0.392. The molecule has 0 spiro atoms. The number of alkyl halides is 1. The summed E-state index contributed by atoms with van der Waals surface area (Å²) in [4.78, 5) is 1.93. The molecule has 1 nitrogen and oxygen atoms in total. The van der Waals surface area contributed by atoms with Crippen molar-refractivity contribution in [3.05, 3.63) is 78.0 Å². The summed E-state index contributed by atoms with van der Waals surface area (Å²) in [6, 6.07) is 10.0. The predicted octanol–water partition coefficient (Wildman–Crippen LogP) is 4.33. The van der Waals surface area contributed by atoms with Gasteiger partial charge in [0.2, 0.25) is 0 Å². The number of rotatable bonds is 4. The number of hydrogen-bond acceptors (Lipinski definition) is 1. The second-order valence-corrected chi connectivity index (χ2v) is 4.49. The van der Waals surface area contributed by atoms with Crippen LogP contribution in [0.25, 0.3) is 5.70 Å². The Bertz CT molecular complexity index is 552. The normalized spacial score (nSPS) is 15.6. The van der Waals surface area contributed by atoms with Crippen LogP contribution in [0.4, 0.5) is 4.39 Å². The summed E-state index contributed by atoms with van der Waals surface area (Å²) in [7, 11) is 0. The first-order valence-corrected chi connectivity index (χ1v) is 6.32. The Kier molecular flexibility index (Phi) is 4.00. The smallest absolute Gasteiger partial charge is 0.107 e. The van der Waals surface area contributed by atoms with E-state index in [0.29, 0.717) is 6.54 Å². The van der Waals surface area contributed by atoms with Crippen LogP contribution in [0.5, 0.6) is 0 Å². The Morgan fingerprint density at radius 1 is 1.26 bits per heavy atom. The number of allylic oxidation sites excluding steroid dienone is 3. The maximum Gasteiger partial charge on any atom is 0.107 e. The Morgan fingerprint density at radius 2 is 1.95 bits per heavy atom. The van der Waals surface area contributed by atoms with Crippen LogP contribution in [0.15, 0.2) is 72.5 Å². The van der Waals surface area contributed by atoms with E-state index in [1.54, 1.807) is 6.08 Å². The van der Waals surface area contributed by atoms with Crippen LogP contribution in [-0.2, 0) is 0 Å². The van der Waals surface area contributed by atoms with Crippen molar-refractivity contribution in [2.24, 2.45) is 0 Å². The average molecular weight is 255 g/mol. The Morgan fingerprint density at radius 3 is 2.53 bits per heavy atom. The lowest BCUT2D eigenvalue weighted by Crippen LogP contribution is -2.27. The third-order valence-electron chi connectivity index (χ3n) is 3.25. The molecule has 1 aromatic rings. The Labute approximate surface area is 114 Å². The van der Waals surface area contributed by atoms with Crippen LogP contribution < -0.4 is 0 Å². The fourth-order valence-electron chi connectivity index (χ4n) is 2.38. The third-order valence-corrected chi connectivity index (χ3v) is 3.25. The lowest BCUT2D eigenvalue weighted by Gasteiger charge is -2.33. The van der Waals surface area contributed by atoms with Crippen molar-refractivity contribution >= 4 is 5.70 Å². The van der Waals surface area contributed by atoms with E-state index >= 15 is 0 Å². The van der Waals surface area contributed by atoms with Crippen molar-refractivity contribution in [2.75, 3.05) is 13.2 Å². The number of hydrogen-bond donors (Lipinski definition) is 0. The van der Waals surface area contributed by atoms with Crippen molar-refractivity contribution in [3.63, 3.8) is 0 Å². The zero-order chi connectivity index (χ0) is 13.8. The minimum Gasteiger partial charge on any atom is -0.338 e. The number of benzene rings is 1. The Balaban J connectivity index is 2.55. The predicted molar refractivity (Wildman–Crippen MR) is 79.1 cm³/mol. The minimum absolute atomic E-state index is 0.311. The van der Waals surface area contributed by atoms with Gasteiger partial charge in [0.25, 0.3) is 0 Å². The van der Waals surface area contributed by atoms with Gasteiger partial charge >= 0.3 is 0 Å². The number of halogens is 1. The minimum atomic E-state index is -0.410. The summed E-state index contributed by atoms with van der Waals surface area (Å²) >= 11 is 0. The maximum absolute atomic E-state index is 12.8. The molecule has 0 fully saturated rings. The average Bonchev–Trinajstić information content (AvgIpc) is 2.44. The number of nitrogens with zero attached hydrogens (tertiary/aromatic N) is 1. The van der Waals surface area contributed by atoms with Gasteiger partial charge in [-0.25, -0.2) is 4.39 Å². The van der Waals surface area contributed by atoms with Gasteiger partial charge < -0.3 is 4.90 Å². The molecule has 1 aliphatic rings. The van der Waals surface area contributed by atoms with Crippen molar-refractivity contribution in [1.29, 1.82) is 0 Å². The van der Waals surface area contributed by atoms with Crippen LogP contribution in [0.3, 0.4) is 0 Å². The second kappa shape index (κ2) is 5.70. The molecule has 1 aromatic carbocycles. The highest BCUT2D eigenvalue weighted by molar-refractivity contribution is 5.74. The van der Waals surface area contributed by atoms with E-state index in [2.05, 4.69) is 13.2 Å². The summed E-state index contributed by atoms with van der Waals surface area (Å²) in [5, 5.41) is 0. The highest BCUT2D eigenvalue weighted by atomic mass is 19.1. The van der Waals surface area contributed by atoms with Gasteiger partial charge in [0.1, 0.15) is 6.67 Å². The van der Waals surface area contributed by atoms with Crippen LogP contribution in [0.1, 0.15) is 12.5 Å². The van der Waals surface area contributed by atoms with E-state index in [0.717, 1.165) is 28.1 Å². The first kappa shape index (κ1) is 13.3. The first-order chi connectivity index (χ1) is 9.19. The molecule has 0 saturated carbocycles. The summed E-state index contributed by atoms with van der Waals surface area (Å²) in [5.41, 5.74) is 4.95. The molecule has 98 valence electrons. The standard InChI is InChI=1S/C17H18FN/c1-4-15-12-13(2)17(16-8-6-5-7-9-16)19(11-10-18)14(15)3/h4-9,12H,1,3,10-11H2,2H3. The van der Waals surface area contributed by atoms with E-state index in [1.807, 2.05) is 48.2 Å². The van der Waals surface area contributed by atoms with E-state index in [-0.39, 0.29) is 0 Å². The molecular formula is C17H18FN. The fourth-order valence-corrected chi connectivity index (χ4v) is 2.38. The molecule has 0 aliphatic carbocycles. The molecule has 0 atom stereocenters. The molecule has 0 unspecified atom stereocenters. The summed E-state index contributed by atoms with van der Waals surface area (Å²) < 4.78 is 12.8. The molecule has 0 aromatic heterocycles. The van der Waals surface area contributed by atoms with Gasteiger partial charge in [-0.15, -0.1) is 0 Å². The van der Waals surface area contributed by atoms with Gasteiger partial charge in [0.15, 0.2) is 0 Å². The lowest BCUT2D eigenvalue weighted by atomic mass is 9.97. The zero-order valence-electron chi connectivity index (χ0n) is 11.2. The van der Waals surface area contributed by atoms with Crippen LogP contribution in [-0.4, -0.2) is 18.1 Å². The molecule has 1 aliphatic heterocycles. The molecule has 0 amide bonds. The van der Waals surface area contributed by atoms with Crippen molar-refractivity contribution in [3.8, 4) is 0 Å². The summed E-state index contributed by atoms with van der Waals surface area (Å²) in [5.74, 6) is 0. The van der Waals surface area contributed by atoms with Gasteiger partial charge in [0.05, 0.1) is 12.2 Å². The van der Waals surface area contributed by atoms with Gasteiger partial charge in [-0.3, -0.25) is 0 Å². The molecule has 1 heterocycles. The van der Waals surface area contributed by atoms with Gasteiger partial charge in [-0.05, 0) is 29.7 Å². The highest BCUT2D eigenvalue weighted by Gasteiger charge is 2.22. The largest absolute Gasteiger partial charge is 0.338 e. The molecule has 0 radical (unpaired) electrons. The zero-order valence-corrected chi connectivity index (χ0v) is 11.2. The quantitative estimate of drug-likeness (QED) is 0.774. The fraction of sp³-hybridized carbons (Fsp3) is 0.176. The van der Waals surface area contributed by atoms with Gasteiger partial charge in [-0.2, -0.15) is 0 Å². The topological polar surface area (TPSA) is 3.24 Å². The maximum atomic E-state index is 12.8. The van der Waals surface area contributed by atoms with Crippen LogP contribution in [0, 0.1) is 0 Å². The first-order valence-electron chi connectivity index (χ1n) is 6.32. The monoisotopic (exact) mass is 255 g/mol. The molecule has 0 bridgehead atoms. The SMILES string of the molecule is C=CC1=CC(C)=C(c2ccccc2)N(CCF)C1=C. The molecule has 2 rings (SSSR count). The van der Waals surface area contributed by atoms with E-state index in [9.17, 15) is 4.39 Å². The Hall–Kier alpha value is -2.09. The molecule has 0 saturated heterocycles. The molecule has 0 N–H and O–H groups in total. The van der Waals surface area contributed by atoms with Crippen molar-refractivity contribution < 1.29 is 4.39 Å². The molecular weight excluding hydrogens is 237 g/mol. The van der Waals surface area contributed by atoms with Crippen molar-refractivity contribution in [2.45, 2.75) is 6.92 Å². The highest BCUT2D eigenvalue weighted by Crippen LogP contribution is 2.34. The van der Waals surface area contributed by atoms with E-state index in [4.69, 9.17) is 0 Å². The van der Waals surface area contributed by atoms with E-state index < -0.39 is 6.67 Å².